The van der Waals surface area contributed by atoms with E-state index in [1.807, 2.05) is 30.3 Å². The van der Waals surface area contributed by atoms with E-state index in [0.717, 1.165) is 5.69 Å². The van der Waals surface area contributed by atoms with Crippen LogP contribution in [0.15, 0.2) is 59.5 Å². The molecule has 5 nitrogen and oxygen atoms in total. The second-order valence-corrected chi connectivity index (χ2v) is 7.23. The van der Waals surface area contributed by atoms with Crippen LogP contribution in [0.4, 0.5) is 11.4 Å². The van der Waals surface area contributed by atoms with Crippen molar-refractivity contribution in [3.05, 3.63) is 54.6 Å². The minimum atomic E-state index is -3.43. The number of nitrogens with two attached hydrogens (primary N) is 1. The summed E-state index contributed by atoms with van der Waals surface area (Å²) in [4.78, 5) is 2.50. The van der Waals surface area contributed by atoms with Gasteiger partial charge in [0.2, 0.25) is 10.0 Å². The summed E-state index contributed by atoms with van der Waals surface area (Å²) in [5.74, 6) is 0. The molecule has 2 aromatic carbocycles. The number of anilines is 2. The van der Waals surface area contributed by atoms with E-state index in [2.05, 4.69) is 4.90 Å². The average molecular weight is 317 g/mol. The van der Waals surface area contributed by atoms with Crippen LogP contribution in [0.3, 0.4) is 0 Å². The summed E-state index contributed by atoms with van der Waals surface area (Å²) in [5.41, 5.74) is 7.31. The standard InChI is InChI=1S/C16H19N3O2S/c17-14-6-8-16(9-7-14)22(20,21)19-12-10-18(11-13-19)15-4-2-1-3-5-15/h1-9H,10-13,17H2. The molecule has 1 fully saturated rings. The Labute approximate surface area is 131 Å². The van der Waals surface area contributed by atoms with Crippen molar-refractivity contribution in [1.29, 1.82) is 0 Å². The summed E-state index contributed by atoms with van der Waals surface area (Å²) in [7, 11) is -3.43. The summed E-state index contributed by atoms with van der Waals surface area (Å²) in [6.45, 7) is 2.36. The van der Waals surface area contributed by atoms with Crippen LogP contribution in [0.1, 0.15) is 0 Å². The largest absolute Gasteiger partial charge is 0.399 e. The van der Waals surface area contributed by atoms with E-state index in [-0.39, 0.29) is 0 Å². The van der Waals surface area contributed by atoms with Crippen molar-refractivity contribution in [3.63, 3.8) is 0 Å². The minimum absolute atomic E-state index is 0.301. The number of sulfonamides is 1. The van der Waals surface area contributed by atoms with Gasteiger partial charge in [-0.25, -0.2) is 8.42 Å². The van der Waals surface area contributed by atoms with Gasteiger partial charge in [-0.15, -0.1) is 0 Å². The molecule has 22 heavy (non-hydrogen) atoms. The van der Waals surface area contributed by atoms with Crippen LogP contribution in [0, 0.1) is 0 Å². The quantitative estimate of drug-likeness (QED) is 0.876. The summed E-state index contributed by atoms with van der Waals surface area (Å²) in [5, 5.41) is 0. The molecule has 2 N–H and O–H groups in total. The third-order valence-electron chi connectivity index (χ3n) is 3.88. The summed E-state index contributed by atoms with van der Waals surface area (Å²) < 4.78 is 26.8. The highest BCUT2D eigenvalue weighted by atomic mass is 32.2. The Balaban J connectivity index is 1.72. The van der Waals surface area contributed by atoms with Crippen LogP contribution in [0.2, 0.25) is 0 Å². The fourth-order valence-electron chi connectivity index (χ4n) is 2.61. The topological polar surface area (TPSA) is 66.6 Å². The number of hydrogen-bond acceptors (Lipinski definition) is 4. The Kier molecular flexibility index (Phi) is 4.04. The molecule has 0 aliphatic carbocycles. The third kappa shape index (κ3) is 2.93. The first-order valence-electron chi connectivity index (χ1n) is 7.23. The normalized spacial score (nSPS) is 16.6. The second-order valence-electron chi connectivity index (χ2n) is 5.30. The molecule has 6 heteroatoms. The van der Waals surface area contributed by atoms with E-state index in [4.69, 9.17) is 5.73 Å². The second kappa shape index (κ2) is 5.98. The number of nitrogens with zero attached hydrogens (tertiary/aromatic N) is 2. The minimum Gasteiger partial charge on any atom is -0.399 e. The van der Waals surface area contributed by atoms with E-state index >= 15 is 0 Å². The van der Waals surface area contributed by atoms with Gasteiger partial charge < -0.3 is 10.6 Å². The third-order valence-corrected chi connectivity index (χ3v) is 5.79. The van der Waals surface area contributed by atoms with Gasteiger partial charge in [-0.3, -0.25) is 0 Å². The summed E-state index contributed by atoms with van der Waals surface area (Å²) in [6, 6.07) is 16.4. The Hall–Kier alpha value is -2.05. The van der Waals surface area contributed by atoms with E-state index in [1.54, 1.807) is 24.3 Å². The Morgan fingerprint density at radius 3 is 2.00 bits per heavy atom. The molecule has 0 atom stereocenters. The van der Waals surface area contributed by atoms with Gasteiger partial charge in [0.05, 0.1) is 4.90 Å². The Morgan fingerprint density at radius 2 is 1.41 bits per heavy atom. The van der Waals surface area contributed by atoms with Crippen molar-refractivity contribution in [3.8, 4) is 0 Å². The van der Waals surface area contributed by atoms with Crippen LogP contribution in [0.25, 0.3) is 0 Å². The molecule has 0 bridgehead atoms. The zero-order valence-electron chi connectivity index (χ0n) is 12.2. The number of piperazine rings is 1. The lowest BCUT2D eigenvalue weighted by Gasteiger charge is -2.35. The number of rotatable bonds is 3. The smallest absolute Gasteiger partial charge is 0.243 e. The zero-order valence-corrected chi connectivity index (χ0v) is 13.0. The zero-order chi connectivity index (χ0) is 15.6. The highest BCUT2D eigenvalue weighted by Crippen LogP contribution is 2.21. The molecule has 0 radical (unpaired) electrons. The molecule has 3 rings (SSSR count). The molecule has 1 aliphatic rings. The fourth-order valence-corrected chi connectivity index (χ4v) is 4.04. The van der Waals surface area contributed by atoms with E-state index in [1.165, 1.54) is 4.31 Å². The molecule has 0 saturated carbocycles. The molecule has 1 aliphatic heterocycles. The molecule has 2 aromatic rings. The monoisotopic (exact) mass is 317 g/mol. The number of para-hydroxylation sites is 1. The highest BCUT2D eigenvalue weighted by Gasteiger charge is 2.28. The average Bonchev–Trinajstić information content (AvgIpc) is 2.56. The van der Waals surface area contributed by atoms with Gasteiger partial charge in [-0.1, -0.05) is 18.2 Å². The maximum absolute atomic E-state index is 12.6. The summed E-state index contributed by atoms with van der Waals surface area (Å²) in [6.07, 6.45) is 0. The first-order valence-corrected chi connectivity index (χ1v) is 8.67. The van der Waals surface area contributed by atoms with Crippen LogP contribution in [-0.2, 0) is 10.0 Å². The fraction of sp³-hybridized carbons (Fsp3) is 0.250. The van der Waals surface area contributed by atoms with Gasteiger partial charge in [0.25, 0.3) is 0 Å². The molecule has 0 spiro atoms. The SMILES string of the molecule is Nc1ccc(S(=O)(=O)N2CCN(c3ccccc3)CC2)cc1. The van der Waals surface area contributed by atoms with Crippen molar-refractivity contribution in [1.82, 2.24) is 4.31 Å². The van der Waals surface area contributed by atoms with Gasteiger partial charge >= 0.3 is 0 Å². The van der Waals surface area contributed by atoms with Crippen molar-refractivity contribution >= 4 is 21.4 Å². The van der Waals surface area contributed by atoms with Gasteiger partial charge in [0.15, 0.2) is 0 Å². The van der Waals surface area contributed by atoms with E-state index < -0.39 is 10.0 Å². The van der Waals surface area contributed by atoms with E-state index in [0.29, 0.717) is 36.8 Å². The number of benzene rings is 2. The molecule has 116 valence electrons. The molecular formula is C16H19N3O2S. The van der Waals surface area contributed by atoms with Gasteiger partial charge in [-0.2, -0.15) is 4.31 Å². The van der Waals surface area contributed by atoms with Crippen molar-refractivity contribution in [2.75, 3.05) is 36.8 Å². The maximum Gasteiger partial charge on any atom is 0.243 e. The Morgan fingerprint density at radius 1 is 0.818 bits per heavy atom. The van der Waals surface area contributed by atoms with Crippen LogP contribution in [0.5, 0.6) is 0 Å². The van der Waals surface area contributed by atoms with Gasteiger partial charge in [-0.05, 0) is 36.4 Å². The first kappa shape index (κ1) is 14.9. The molecule has 1 saturated heterocycles. The molecule has 1 heterocycles. The lowest BCUT2D eigenvalue weighted by atomic mass is 10.2. The highest BCUT2D eigenvalue weighted by molar-refractivity contribution is 7.89. The summed E-state index contributed by atoms with van der Waals surface area (Å²) >= 11 is 0. The molecule has 0 aromatic heterocycles. The van der Waals surface area contributed by atoms with Crippen LogP contribution >= 0.6 is 0 Å². The van der Waals surface area contributed by atoms with Gasteiger partial charge in [0.1, 0.15) is 0 Å². The Bertz CT molecular complexity index is 722. The lowest BCUT2D eigenvalue weighted by Crippen LogP contribution is -2.48. The first-order chi connectivity index (χ1) is 10.6. The predicted molar refractivity (Wildman–Crippen MR) is 88.3 cm³/mol. The van der Waals surface area contributed by atoms with Crippen LogP contribution in [-0.4, -0.2) is 38.9 Å². The predicted octanol–water partition coefficient (Wildman–Crippen LogP) is 1.78. The molecule has 0 unspecified atom stereocenters. The van der Waals surface area contributed by atoms with Crippen molar-refractivity contribution in [2.45, 2.75) is 4.90 Å². The lowest BCUT2D eigenvalue weighted by molar-refractivity contribution is 0.385. The number of hydrogen-bond donors (Lipinski definition) is 1. The van der Waals surface area contributed by atoms with Crippen molar-refractivity contribution < 1.29 is 8.42 Å². The van der Waals surface area contributed by atoms with E-state index in [9.17, 15) is 8.42 Å². The number of nitrogen functional groups attached to an aromatic ring is 1. The maximum atomic E-state index is 12.6. The van der Waals surface area contributed by atoms with Crippen LogP contribution < -0.4 is 10.6 Å². The molecular weight excluding hydrogens is 298 g/mol. The van der Waals surface area contributed by atoms with Gasteiger partial charge in [0, 0.05) is 37.6 Å². The molecule has 0 amide bonds. The van der Waals surface area contributed by atoms with Crippen molar-refractivity contribution in [2.24, 2.45) is 0 Å².